The summed E-state index contributed by atoms with van der Waals surface area (Å²) < 4.78 is 0. The predicted molar refractivity (Wildman–Crippen MR) is 87.0 cm³/mol. The van der Waals surface area contributed by atoms with Crippen LogP contribution in [0.2, 0.25) is 0 Å². The number of likely N-dealkylation sites (N-methyl/N-ethyl adjacent to an activating group) is 1. The lowest BCUT2D eigenvalue weighted by Gasteiger charge is -2.33. The summed E-state index contributed by atoms with van der Waals surface area (Å²) in [5.74, 6) is -0.651. The SMILES string of the molecule is CCN(CC(=O)O)C(=O)CC1CCCN(C(=O)NCC(C)C)C1. The van der Waals surface area contributed by atoms with Gasteiger partial charge in [0.1, 0.15) is 6.54 Å². The van der Waals surface area contributed by atoms with Crippen LogP contribution in [0.1, 0.15) is 40.0 Å². The van der Waals surface area contributed by atoms with Gasteiger partial charge in [-0.3, -0.25) is 9.59 Å². The van der Waals surface area contributed by atoms with Crippen molar-refractivity contribution < 1.29 is 19.5 Å². The van der Waals surface area contributed by atoms with E-state index in [1.165, 1.54) is 4.90 Å². The lowest BCUT2D eigenvalue weighted by Crippen LogP contribution is -2.47. The third kappa shape index (κ3) is 6.88. The van der Waals surface area contributed by atoms with Crippen LogP contribution in [0.4, 0.5) is 4.79 Å². The van der Waals surface area contributed by atoms with E-state index in [1.54, 1.807) is 11.8 Å². The summed E-state index contributed by atoms with van der Waals surface area (Å²) in [6.45, 7) is 7.88. The molecule has 7 nitrogen and oxygen atoms in total. The van der Waals surface area contributed by atoms with E-state index in [1.807, 2.05) is 13.8 Å². The number of carbonyl (C=O) groups excluding carboxylic acids is 2. The Kier molecular flexibility index (Phi) is 7.85. The van der Waals surface area contributed by atoms with Gasteiger partial charge in [0.2, 0.25) is 5.91 Å². The predicted octanol–water partition coefficient (Wildman–Crippen LogP) is 1.39. The fourth-order valence-corrected chi connectivity index (χ4v) is 2.74. The number of amides is 3. The summed E-state index contributed by atoms with van der Waals surface area (Å²) in [4.78, 5) is 38.2. The second-order valence-electron chi connectivity index (χ2n) is 6.54. The molecule has 2 N–H and O–H groups in total. The van der Waals surface area contributed by atoms with Crippen molar-refractivity contribution in [1.82, 2.24) is 15.1 Å². The Balaban J connectivity index is 2.49. The summed E-state index contributed by atoms with van der Waals surface area (Å²) >= 11 is 0. The normalized spacial score (nSPS) is 17.9. The van der Waals surface area contributed by atoms with Crippen LogP contribution >= 0.6 is 0 Å². The number of likely N-dealkylation sites (tertiary alicyclic amines) is 1. The van der Waals surface area contributed by atoms with E-state index >= 15 is 0 Å². The topological polar surface area (TPSA) is 90.0 Å². The van der Waals surface area contributed by atoms with Crippen molar-refractivity contribution in [2.45, 2.75) is 40.0 Å². The Morgan fingerprint density at radius 2 is 2.04 bits per heavy atom. The van der Waals surface area contributed by atoms with Gasteiger partial charge in [0.25, 0.3) is 0 Å². The molecule has 1 unspecified atom stereocenters. The third-order valence-corrected chi connectivity index (χ3v) is 3.99. The first-order valence-corrected chi connectivity index (χ1v) is 8.35. The summed E-state index contributed by atoms with van der Waals surface area (Å²) in [5.41, 5.74) is 0. The number of urea groups is 1. The number of hydrogen-bond acceptors (Lipinski definition) is 3. The lowest BCUT2D eigenvalue weighted by atomic mass is 9.94. The van der Waals surface area contributed by atoms with E-state index in [2.05, 4.69) is 5.32 Å². The van der Waals surface area contributed by atoms with E-state index in [9.17, 15) is 14.4 Å². The van der Waals surface area contributed by atoms with Crippen molar-refractivity contribution in [2.75, 3.05) is 32.7 Å². The van der Waals surface area contributed by atoms with Crippen LogP contribution in [0, 0.1) is 11.8 Å². The molecule has 7 heteroatoms. The first-order chi connectivity index (χ1) is 10.8. The highest BCUT2D eigenvalue weighted by Crippen LogP contribution is 2.20. The van der Waals surface area contributed by atoms with Gasteiger partial charge in [-0.05, 0) is 31.6 Å². The maximum atomic E-state index is 12.2. The number of nitrogens with one attached hydrogen (secondary N) is 1. The smallest absolute Gasteiger partial charge is 0.323 e. The quantitative estimate of drug-likeness (QED) is 0.739. The standard InChI is InChI=1S/C16H29N3O4/c1-4-18(11-15(21)22)14(20)8-13-6-5-7-19(10-13)16(23)17-9-12(2)3/h12-13H,4-11H2,1-3H3,(H,17,23)(H,21,22). The molecule has 1 aliphatic rings. The number of carbonyl (C=O) groups is 3. The lowest BCUT2D eigenvalue weighted by molar-refractivity contribution is -0.144. The maximum absolute atomic E-state index is 12.2. The molecule has 0 saturated carbocycles. The van der Waals surface area contributed by atoms with Crippen molar-refractivity contribution in [1.29, 1.82) is 0 Å². The molecule has 1 saturated heterocycles. The number of hydrogen-bond donors (Lipinski definition) is 2. The van der Waals surface area contributed by atoms with Gasteiger partial charge in [-0.25, -0.2) is 4.79 Å². The van der Waals surface area contributed by atoms with Crippen molar-refractivity contribution in [2.24, 2.45) is 11.8 Å². The summed E-state index contributed by atoms with van der Waals surface area (Å²) in [7, 11) is 0. The highest BCUT2D eigenvalue weighted by Gasteiger charge is 2.27. The molecule has 0 spiro atoms. The van der Waals surface area contributed by atoms with Gasteiger partial charge in [-0.15, -0.1) is 0 Å². The minimum absolute atomic E-state index is 0.0752. The third-order valence-electron chi connectivity index (χ3n) is 3.99. The number of nitrogens with zero attached hydrogens (tertiary/aromatic N) is 2. The molecule has 0 bridgehead atoms. The Bertz CT molecular complexity index is 426. The number of carboxylic acids is 1. The molecule has 1 heterocycles. The van der Waals surface area contributed by atoms with Gasteiger partial charge < -0.3 is 20.2 Å². The van der Waals surface area contributed by atoms with Gasteiger partial charge in [0.05, 0.1) is 0 Å². The van der Waals surface area contributed by atoms with Crippen molar-refractivity contribution in [3.63, 3.8) is 0 Å². The molecule has 0 radical (unpaired) electrons. The van der Waals surface area contributed by atoms with E-state index in [0.29, 0.717) is 38.5 Å². The first-order valence-electron chi connectivity index (χ1n) is 8.35. The summed E-state index contributed by atoms with van der Waals surface area (Å²) in [5, 5.41) is 11.7. The Morgan fingerprint density at radius 3 is 2.61 bits per heavy atom. The molecule has 3 amide bonds. The van der Waals surface area contributed by atoms with E-state index < -0.39 is 5.97 Å². The molecule has 0 aliphatic carbocycles. The molecule has 0 aromatic heterocycles. The molecular weight excluding hydrogens is 298 g/mol. The molecule has 132 valence electrons. The van der Waals surface area contributed by atoms with E-state index in [0.717, 1.165) is 12.8 Å². The number of carboxylic acid groups (broad SMARTS) is 1. The Hall–Kier alpha value is -1.79. The zero-order valence-electron chi connectivity index (χ0n) is 14.4. The Morgan fingerprint density at radius 1 is 1.35 bits per heavy atom. The van der Waals surface area contributed by atoms with Gasteiger partial charge in [-0.2, -0.15) is 0 Å². The zero-order valence-corrected chi connectivity index (χ0v) is 14.4. The van der Waals surface area contributed by atoms with Crippen LogP contribution in [0.3, 0.4) is 0 Å². The van der Waals surface area contributed by atoms with Crippen molar-refractivity contribution >= 4 is 17.9 Å². The van der Waals surface area contributed by atoms with Crippen molar-refractivity contribution in [3.05, 3.63) is 0 Å². The van der Waals surface area contributed by atoms with Crippen LogP contribution in [-0.2, 0) is 9.59 Å². The number of rotatable bonds is 7. The molecule has 23 heavy (non-hydrogen) atoms. The van der Waals surface area contributed by atoms with E-state index in [4.69, 9.17) is 5.11 Å². The highest BCUT2D eigenvalue weighted by atomic mass is 16.4. The first kappa shape index (κ1) is 19.3. The molecule has 1 aliphatic heterocycles. The second kappa shape index (κ2) is 9.37. The minimum atomic E-state index is -1.00. The van der Waals surface area contributed by atoms with Gasteiger partial charge >= 0.3 is 12.0 Å². The van der Waals surface area contributed by atoms with Crippen LogP contribution in [0.25, 0.3) is 0 Å². The molecule has 1 fully saturated rings. The van der Waals surface area contributed by atoms with Crippen LogP contribution in [0.5, 0.6) is 0 Å². The molecule has 1 atom stereocenters. The fraction of sp³-hybridized carbons (Fsp3) is 0.812. The fourth-order valence-electron chi connectivity index (χ4n) is 2.74. The average molecular weight is 327 g/mol. The zero-order chi connectivity index (χ0) is 17.4. The molecule has 0 aromatic carbocycles. The second-order valence-corrected chi connectivity index (χ2v) is 6.54. The average Bonchev–Trinajstić information content (AvgIpc) is 2.50. The minimum Gasteiger partial charge on any atom is -0.480 e. The highest BCUT2D eigenvalue weighted by molar-refractivity contribution is 5.81. The summed E-state index contributed by atoms with van der Waals surface area (Å²) in [6, 6.07) is -0.0752. The largest absolute Gasteiger partial charge is 0.480 e. The molecule has 0 aromatic rings. The molecule has 1 rings (SSSR count). The summed E-state index contributed by atoms with van der Waals surface area (Å²) in [6.07, 6.45) is 2.07. The maximum Gasteiger partial charge on any atom is 0.323 e. The monoisotopic (exact) mass is 327 g/mol. The van der Waals surface area contributed by atoms with Crippen molar-refractivity contribution in [3.8, 4) is 0 Å². The van der Waals surface area contributed by atoms with Crippen LogP contribution in [0.15, 0.2) is 0 Å². The molecular formula is C16H29N3O4. The van der Waals surface area contributed by atoms with Crippen LogP contribution in [-0.4, -0.2) is 65.5 Å². The van der Waals surface area contributed by atoms with E-state index in [-0.39, 0.29) is 24.4 Å². The van der Waals surface area contributed by atoms with Gasteiger partial charge in [0, 0.05) is 32.6 Å². The Labute approximate surface area is 138 Å². The van der Waals surface area contributed by atoms with Gasteiger partial charge in [-0.1, -0.05) is 13.8 Å². The van der Waals surface area contributed by atoms with Crippen LogP contribution < -0.4 is 5.32 Å². The number of aliphatic carboxylic acids is 1. The van der Waals surface area contributed by atoms with Gasteiger partial charge in [0.15, 0.2) is 0 Å². The number of piperidine rings is 1.